The third-order valence-electron chi connectivity index (χ3n) is 2.94. The molecule has 4 nitrogen and oxygen atoms in total. The van der Waals surface area contributed by atoms with Gasteiger partial charge >= 0.3 is 0 Å². The topological polar surface area (TPSA) is 43.6 Å². The molecule has 1 aromatic heterocycles. The van der Waals surface area contributed by atoms with Crippen LogP contribution in [-0.4, -0.2) is 27.4 Å². The van der Waals surface area contributed by atoms with Crippen LogP contribution in [0.15, 0.2) is 45.5 Å². The first-order valence-electron chi connectivity index (χ1n) is 6.39. The number of methoxy groups -OCH3 is 1. The number of hydrogen-bond donors (Lipinski definition) is 1. The number of nitrogens with one attached hydrogen (secondary N) is 1. The summed E-state index contributed by atoms with van der Waals surface area (Å²) in [7, 11) is 3.55. The van der Waals surface area contributed by atoms with Gasteiger partial charge in [-0.1, -0.05) is 18.2 Å². The maximum absolute atomic E-state index is 5.77. The third-order valence-corrected chi connectivity index (χ3v) is 3.37. The van der Waals surface area contributed by atoms with Crippen LogP contribution in [0.1, 0.15) is 17.4 Å². The summed E-state index contributed by atoms with van der Waals surface area (Å²) in [6, 6.07) is 11.7. The van der Waals surface area contributed by atoms with Crippen molar-refractivity contribution in [3.8, 4) is 5.75 Å². The van der Waals surface area contributed by atoms with Crippen molar-refractivity contribution in [2.75, 3.05) is 27.4 Å². The standard InChI is InChI=1S/C15H18BrNO3/c1-17-15(13-7-8-14(16)20-13)11-5-3-4-6-12(11)19-10-9-18-2/h3-8,15,17H,9-10H2,1-2H3. The largest absolute Gasteiger partial charge is 0.491 e. The van der Waals surface area contributed by atoms with Crippen molar-refractivity contribution >= 4 is 15.9 Å². The summed E-state index contributed by atoms with van der Waals surface area (Å²) < 4.78 is 17.1. The van der Waals surface area contributed by atoms with Gasteiger partial charge in [0.1, 0.15) is 18.1 Å². The lowest BCUT2D eigenvalue weighted by Crippen LogP contribution is -2.18. The van der Waals surface area contributed by atoms with E-state index >= 15 is 0 Å². The average Bonchev–Trinajstić information content (AvgIpc) is 2.88. The van der Waals surface area contributed by atoms with Gasteiger partial charge in [-0.15, -0.1) is 0 Å². The number of benzene rings is 1. The molecule has 0 aliphatic rings. The summed E-state index contributed by atoms with van der Waals surface area (Å²) in [5.74, 6) is 1.67. The van der Waals surface area contributed by atoms with E-state index in [4.69, 9.17) is 13.9 Å². The quantitative estimate of drug-likeness (QED) is 0.785. The maximum Gasteiger partial charge on any atom is 0.169 e. The zero-order valence-corrected chi connectivity index (χ0v) is 13.1. The lowest BCUT2D eigenvalue weighted by molar-refractivity contribution is 0.145. The zero-order chi connectivity index (χ0) is 14.4. The van der Waals surface area contributed by atoms with E-state index in [1.165, 1.54) is 0 Å². The molecular formula is C15H18BrNO3. The fraction of sp³-hybridized carbons (Fsp3) is 0.333. The monoisotopic (exact) mass is 339 g/mol. The van der Waals surface area contributed by atoms with Crippen molar-refractivity contribution in [2.24, 2.45) is 0 Å². The number of halogens is 1. The molecule has 20 heavy (non-hydrogen) atoms. The first-order valence-corrected chi connectivity index (χ1v) is 7.18. The van der Waals surface area contributed by atoms with Crippen molar-refractivity contribution in [2.45, 2.75) is 6.04 Å². The predicted octanol–water partition coefficient (Wildman–Crippen LogP) is 3.38. The molecule has 1 unspecified atom stereocenters. The lowest BCUT2D eigenvalue weighted by atomic mass is 10.0. The van der Waals surface area contributed by atoms with E-state index in [1.54, 1.807) is 7.11 Å². The third kappa shape index (κ3) is 3.62. The smallest absolute Gasteiger partial charge is 0.169 e. The van der Waals surface area contributed by atoms with Gasteiger partial charge in [0.25, 0.3) is 0 Å². The fourth-order valence-corrected chi connectivity index (χ4v) is 2.34. The summed E-state index contributed by atoms with van der Waals surface area (Å²) in [5, 5.41) is 3.25. The first-order chi connectivity index (χ1) is 9.76. The van der Waals surface area contributed by atoms with Gasteiger partial charge in [0.15, 0.2) is 4.67 Å². The number of ether oxygens (including phenoxy) is 2. The Labute approximate surface area is 127 Å². The maximum atomic E-state index is 5.77. The van der Waals surface area contributed by atoms with Crippen molar-refractivity contribution in [1.82, 2.24) is 5.32 Å². The van der Waals surface area contributed by atoms with Crippen LogP contribution in [0, 0.1) is 0 Å². The molecule has 5 heteroatoms. The van der Waals surface area contributed by atoms with Gasteiger partial charge in [0.2, 0.25) is 0 Å². The van der Waals surface area contributed by atoms with Crippen LogP contribution in [0.3, 0.4) is 0 Å². The van der Waals surface area contributed by atoms with Crippen LogP contribution in [-0.2, 0) is 4.74 Å². The number of para-hydroxylation sites is 1. The lowest BCUT2D eigenvalue weighted by Gasteiger charge is -2.18. The van der Waals surface area contributed by atoms with E-state index in [1.807, 2.05) is 43.4 Å². The van der Waals surface area contributed by atoms with Gasteiger partial charge in [-0.25, -0.2) is 0 Å². The Morgan fingerprint density at radius 3 is 2.65 bits per heavy atom. The fourth-order valence-electron chi connectivity index (χ4n) is 2.02. The highest BCUT2D eigenvalue weighted by atomic mass is 79.9. The second-order valence-corrected chi connectivity index (χ2v) is 5.02. The Kier molecular flexibility index (Phi) is 5.64. The molecule has 1 atom stereocenters. The molecule has 0 aliphatic carbocycles. The minimum atomic E-state index is -0.0555. The number of hydrogen-bond acceptors (Lipinski definition) is 4. The molecule has 1 aromatic carbocycles. The molecule has 0 spiro atoms. The molecule has 0 saturated carbocycles. The summed E-state index contributed by atoms with van der Waals surface area (Å²) >= 11 is 3.33. The predicted molar refractivity (Wildman–Crippen MR) is 81.1 cm³/mol. The average molecular weight is 340 g/mol. The van der Waals surface area contributed by atoms with Crippen LogP contribution in [0.2, 0.25) is 0 Å². The normalized spacial score (nSPS) is 12.3. The van der Waals surface area contributed by atoms with Crippen molar-refractivity contribution in [3.05, 3.63) is 52.4 Å². The SMILES string of the molecule is CNC(c1ccc(Br)o1)c1ccccc1OCCOC. The van der Waals surface area contributed by atoms with Gasteiger partial charge in [-0.05, 0) is 41.2 Å². The minimum absolute atomic E-state index is 0.0555. The van der Waals surface area contributed by atoms with Gasteiger partial charge < -0.3 is 19.2 Å². The van der Waals surface area contributed by atoms with Gasteiger partial charge in [-0.3, -0.25) is 0 Å². The summed E-state index contributed by atoms with van der Waals surface area (Å²) in [5.41, 5.74) is 1.04. The summed E-state index contributed by atoms with van der Waals surface area (Å²) in [6.45, 7) is 1.08. The minimum Gasteiger partial charge on any atom is -0.491 e. The first kappa shape index (κ1) is 15.1. The molecule has 1 N–H and O–H groups in total. The van der Waals surface area contributed by atoms with Crippen LogP contribution >= 0.6 is 15.9 Å². The Bertz CT molecular complexity index is 541. The molecular weight excluding hydrogens is 322 g/mol. The van der Waals surface area contributed by atoms with E-state index < -0.39 is 0 Å². The molecule has 1 heterocycles. The van der Waals surface area contributed by atoms with Gasteiger partial charge in [-0.2, -0.15) is 0 Å². The number of rotatable bonds is 7. The van der Waals surface area contributed by atoms with Gasteiger partial charge in [0.05, 0.1) is 12.6 Å². The van der Waals surface area contributed by atoms with E-state index in [9.17, 15) is 0 Å². The Balaban J connectivity index is 2.25. The zero-order valence-electron chi connectivity index (χ0n) is 11.6. The molecule has 0 aliphatic heterocycles. The van der Waals surface area contributed by atoms with Gasteiger partial charge in [0, 0.05) is 12.7 Å². The number of furan rings is 1. The highest BCUT2D eigenvalue weighted by Crippen LogP contribution is 2.31. The molecule has 2 rings (SSSR count). The molecule has 108 valence electrons. The molecule has 0 radical (unpaired) electrons. The Morgan fingerprint density at radius 1 is 1.20 bits per heavy atom. The Morgan fingerprint density at radius 2 is 2.00 bits per heavy atom. The highest BCUT2D eigenvalue weighted by molar-refractivity contribution is 9.10. The van der Waals surface area contributed by atoms with E-state index in [2.05, 4.69) is 21.2 Å². The molecule has 2 aromatic rings. The van der Waals surface area contributed by atoms with Crippen LogP contribution < -0.4 is 10.1 Å². The summed E-state index contributed by atoms with van der Waals surface area (Å²) in [6.07, 6.45) is 0. The highest BCUT2D eigenvalue weighted by Gasteiger charge is 2.19. The van der Waals surface area contributed by atoms with E-state index in [0.717, 1.165) is 17.1 Å². The van der Waals surface area contributed by atoms with Crippen LogP contribution in [0.25, 0.3) is 0 Å². The van der Waals surface area contributed by atoms with Crippen molar-refractivity contribution in [1.29, 1.82) is 0 Å². The van der Waals surface area contributed by atoms with Crippen LogP contribution in [0.5, 0.6) is 5.75 Å². The van der Waals surface area contributed by atoms with Crippen molar-refractivity contribution in [3.63, 3.8) is 0 Å². The molecule has 0 fully saturated rings. The molecule has 0 amide bonds. The Hall–Kier alpha value is -1.30. The second kappa shape index (κ2) is 7.47. The molecule has 0 bridgehead atoms. The molecule has 0 saturated heterocycles. The van der Waals surface area contributed by atoms with Crippen LogP contribution in [0.4, 0.5) is 0 Å². The van der Waals surface area contributed by atoms with Crippen molar-refractivity contribution < 1.29 is 13.9 Å². The second-order valence-electron chi connectivity index (χ2n) is 4.24. The van der Waals surface area contributed by atoms with E-state index in [-0.39, 0.29) is 6.04 Å². The summed E-state index contributed by atoms with van der Waals surface area (Å²) in [4.78, 5) is 0. The van der Waals surface area contributed by atoms with E-state index in [0.29, 0.717) is 17.9 Å².